The number of anilines is 1. The maximum atomic E-state index is 11.5. The van der Waals surface area contributed by atoms with E-state index in [2.05, 4.69) is 15.6 Å². The fourth-order valence-electron chi connectivity index (χ4n) is 1.23. The molecule has 1 rings (SSSR count). The summed E-state index contributed by atoms with van der Waals surface area (Å²) in [6, 6.07) is 0. The Morgan fingerprint density at radius 2 is 2.06 bits per heavy atom. The highest BCUT2D eigenvalue weighted by atomic mass is 35.5. The number of amides is 2. The highest BCUT2D eigenvalue weighted by Crippen LogP contribution is 2.24. The first kappa shape index (κ1) is 13.4. The van der Waals surface area contributed by atoms with Crippen LogP contribution in [0, 0.1) is 13.8 Å². The predicted octanol–water partition coefficient (Wildman–Crippen LogP) is 1.43. The molecule has 0 aliphatic rings. The van der Waals surface area contributed by atoms with Crippen molar-refractivity contribution in [3.8, 4) is 0 Å². The number of hydrogen-bond acceptors (Lipinski definition) is 3. The Morgan fingerprint density at radius 1 is 1.41 bits per heavy atom. The minimum atomic E-state index is -0.315. The quantitative estimate of drug-likeness (QED) is 0.858. The van der Waals surface area contributed by atoms with Crippen molar-refractivity contribution in [1.29, 1.82) is 0 Å². The molecule has 0 atom stereocenters. The first-order chi connectivity index (χ1) is 7.91. The smallest absolute Gasteiger partial charge is 0.243 e. The molecule has 6 heteroatoms. The van der Waals surface area contributed by atoms with E-state index in [1.54, 1.807) is 20.0 Å². The summed E-state index contributed by atoms with van der Waals surface area (Å²) in [6.45, 7) is 4.87. The molecule has 17 heavy (non-hydrogen) atoms. The van der Waals surface area contributed by atoms with E-state index in [-0.39, 0.29) is 18.4 Å². The third-order valence-corrected chi connectivity index (χ3v) is 2.77. The van der Waals surface area contributed by atoms with Crippen molar-refractivity contribution in [1.82, 2.24) is 10.3 Å². The van der Waals surface area contributed by atoms with Crippen molar-refractivity contribution in [2.24, 2.45) is 0 Å². The molecule has 1 aromatic heterocycles. The first-order valence-corrected chi connectivity index (χ1v) is 5.45. The molecule has 0 aromatic carbocycles. The average Bonchev–Trinajstić information content (AvgIpc) is 2.27. The summed E-state index contributed by atoms with van der Waals surface area (Å²) in [5, 5.41) is 5.57. The van der Waals surface area contributed by atoms with E-state index in [4.69, 9.17) is 11.6 Å². The van der Waals surface area contributed by atoms with Crippen molar-refractivity contribution in [3.05, 3.63) is 22.5 Å². The van der Waals surface area contributed by atoms with Gasteiger partial charge in [0, 0.05) is 6.92 Å². The summed E-state index contributed by atoms with van der Waals surface area (Å²) >= 11 is 6.01. The molecule has 0 fully saturated rings. The third-order valence-electron chi connectivity index (χ3n) is 2.21. The van der Waals surface area contributed by atoms with Crippen LogP contribution < -0.4 is 10.6 Å². The van der Waals surface area contributed by atoms with Crippen molar-refractivity contribution in [2.75, 3.05) is 11.9 Å². The van der Waals surface area contributed by atoms with Crippen LogP contribution in [0.5, 0.6) is 0 Å². The lowest BCUT2D eigenvalue weighted by Crippen LogP contribution is -2.31. The van der Waals surface area contributed by atoms with E-state index in [0.717, 1.165) is 5.56 Å². The third kappa shape index (κ3) is 3.71. The Hall–Kier alpha value is -1.62. The Morgan fingerprint density at radius 3 is 2.65 bits per heavy atom. The number of rotatable bonds is 3. The van der Waals surface area contributed by atoms with Gasteiger partial charge in [0.2, 0.25) is 11.8 Å². The summed E-state index contributed by atoms with van der Waals surface area (Å²) in [5.74, 6) is -0.568. The topological polar surface area (TPSA) is 71.1 Å². The maximum absolute atomic E-state index is 11.5. The van der Waals surface area contributed by atoms with Crippen LogP contribution in [0.4, 0.5) is 5.69 Å². The molecule has 0 bridgehead atoms. The lowest BCUT2D eigenvalue weighted by atomic mass is 10.2. The van der Waals surface area contributed by atoms with Crippen LogP contribution in [0.15, 0.2) is 6.20 Å². The molecule has 1 heterocycles. The van der Waals surface area contributed by atoms with Crippen molar-refractivity contribution >= 4 is 29.1 Å². The number of pyridine rings is 1. The molecule has 0 unspecified atom stereocenters. The number of halogens is 1. The van der Waals surface area contributed by atoms with Crippen LogP contribution in [0.2, 0.25) is 5.02 Å². The van der Waals surface area contributed by atoms with Gasteiger partial charge in [-0.3, -0.25) is 14.6 Å². The van der Waals surface area contributed by atoms with Crippen LogP contribution in [0.3, 0.4) is 0 Å². The number of aromatic nitrogens is 1. The second-order valence-electron chi connectivity index (χ2n) is 3.65. The molecule has 2 amide bonds. The highest BCUT2D eigenvalue weighted by Gasteiger charge is 2.09. The van der Waals surface area contributed by atoms with Gasteiger partial charge in [-0.15, -0.1) is 0 Å². The molecule has 0 saturated heterocycles. The van der Waals surface area contributed by atoms with E-state index < -0.39 is 0 Å². The molecule has 5 nitrogen and oxygen atoms in total. The summed E-state index contributed by atoms with van der Waals surface area (Å²) in [5.41, 5.74) is 2.02. The van der Waals surface area contributed by atoms with Gasteiger partial charge in [-0.2, -0.15) is 0 Å². The van der Waals surface area contributed by atoms with Crippen LogP contribution in [-0.2, 0) is 9.59 Å². The molecule has 92 valence electrons. The number of carbonyl (C=O) groups is 2. The van der Waals surface area contributed by atoms with Crippen molar-refractivity contribution in [3.63, 3.8) is 0 Å². The summed E-state index contributed by atoms with van der Waals surface area (Å²) in [7, 11) is 0. The van der Waals surface area contributed by atoms with Crippen LogP contribution in [0.25, 0.3) is 0 Å². The van der Waals surface area contributed by atoms with Gasteiger partial charge in [0.25, 0.3) is 0 Å². The number of nitrogens with zero attached hydrogens (tertiary/aromatic N) is 1. The molecular formula is C11H14ClN3O2. The van der Waals surface area contributed by atoms with Crippen molar-refractivity contribution in [2.45, 2.75) is 20.8 Å². The second-order valence-corrected chi connectivity index (χ2v) is 4.03. The molecule has 0 aliphatic carbocycles. The van der Waals surface area contributed by atoms with Gasteiger partial charge in [-0.05, 0) is 19.4 Å². The molecular weight excluding hydrogens is 242 g/mol. The van der Waals surface area contributed by atoms with Gasteiger partial charge < -0.3 is 10.6 Å². The SMILES string of the molecule is CC(=O)NCC(=O)Nc1cnc(C)c(Cl)c1C. The number of carbonyl (C=O) groups excluding carboxylic acids is 2. The lowest BCUT2D eigenvalue weighted by Gasteiger charge is -2.10. The minimum absolute atomic E-state index is 0.0692. The lowest BCUT2D eigenvalue weighted by molar-refractivity contribution is -0.122. The van der Waals surface area contributed by atoms with E-state index >= 15 is 0 Å². The fourth-order valence-corrected chi connectivity index (χ4v) is 1.38. The molecule has 1 aromatic rings. The first-order valence-electron chi connectivity index (χ1n) is 5.07. The van der Waals surface area contributed by atoms with E-state index in [9.17, 15) is 9.59 Å². The number of aryl methyl sites for hydroxylation is 1. The Labute approximate surface area is 105 Å². The van der Waals surface area contributed by atoms with Crippen LogP contribution in [0.1, 0.15) is 18.2 Å². The normalized spacial score (nSPS) is 9.88. The van der Waals surface area contributed by atoms with Gasteiger partial charge >= 0.3 is 0 Å². The summed E-state index contributed by atoms with van der Waals surface area (Å²) < 4.78 is 0. The van der Waals surface area contributed by atoms with E-state index in [1.165, 1.54) is 6.92 Å². The largest absolute Gasteiger partial charge is 0.347 e. The number of nitrogens with one attached hydrogen (secondary N) is 2. The Kier molecular flexibility index (Phi) is 4.45. The second kappa shape index (κ2) is 5.63. The van der Waals surface area contributed by atoms with Gasteiger partial charge in [-0.1, -0.05) is 11.6 Å². The molecule has 0 aliphatic heterocycles. The summed E-state index contributed by atoms with van der Waals surface area (Å²) in [4.78, 5) is 26.2. The van der Waals surface area contributed by atoms with Crippen LogP contribution in [-0.4, -0.2) is 23.3 Å². The molecule has 0 radical (unpaired) electrons. The molecule has 2 N–H and O–H groups in total. The zero-order chi connectivity index (χ0) is 13.0. The van der Waals surface area contributed by atoms with E-state index in [1.807, 2.05) is 0 Å². The van der Waals surface area contributed by atoms with E-state index in [0.29, 0.717) is 16.4 Å². The zero-order valence-electron chi connectivity index (χ0n) is 9.93. The Balaban J connectivity index is 2.72. The Bertz CT molecular complexity index is 460. The van der Waals surface area contributed by atoms with Gasteiger partial charge in [-0.25, -0.2) is 0 Å². The molecule has 0 saturated carbocycles. The standard InChI is InChI=1S/C11H14ClN3O2/c1-6-9(4-13-7(2)11(6)12)15-10(17)5-14-8(3)16/h4H,5H2,1-3H3,(H,14,16)(H,15,17). The predicted molar refractivity (Wildman–Crippen MR) is 66.0 cm³/mol. The van der Waals surface area contributed by atoms with Crippen LogP contribution >= 0.6 is 11.6 Å². The van der Waals surface area contributed by atoms with Gasteiger partial charge in [0.1, 0.15) is 0 Å². The number of hydrogen-bond donors (Lipinski definition) is 2. The monoisotopic (exact) mass is 255 g/mol. The highest BCUT2D eigenvalue weighted by molar-refractivity contribution is 6.32. The minimum Gasteiger partial charge on any atom is -0.347 e. The van der Waals surface area contributed by atoms with Gasteiger partial charge in [0.05, 0.1) is 29.1 Å². The fraction of sp³-hybridized carbons (Fsp3) is 0.364. The zero-order valence-corrected chi connectivity index (χ0v) is 10.7. The van der Waals surface area contributed by atoms with Gasteiger partial charge in [0.15, 0.2) is 0 Å². The molecule has 0 spiro atoms. The van der Waals surface area contributed by atoms with Crippen molar-refractivity contribution < 1.29 is 9.59 Å². The summed E-state index contributed by atoms with van der Waals surface area (Å²) in [6.07, 6.45) is 1.54. The average molecular weight is 256 g/mol. The maximum Gasteiger partial charge on any atom is 0.243 e.